The summed E-state index contributed by atoms with van der Waals surface area (Å²) in [5, 5.41) is 2.65. The van der Waals surface area contributed by atoms with Crippen molar-refractivity contribution in [3.63, 3.8) is 0 Å². The van der Waals surface area contributed by atoms with Crippen LogP contribution in [-0.2, 0) is 9.59 Å². The molecule has 0 saturated carbocycles. The Morgan fingerprint density at radius 2 is 2.07 bits per heavy atom. The van der Waals surface area contributed by atoms with E-state index in [2.05, 4.69) is 5.32 Å². The number of fused-ring (bicyclic) bond motifs is 1. The van der Waals surface area contributed by atoms with Gasteiger partial charge in [0.15, 0.2) is 0 Å². The van der Waals surface area contributed by atoms with Gasteiger partial charge >= 0.3 is 0 Å². The number of hydrogen-bond acceptors (Lipinski definition) is 2. The highest BCUT2D eigenvalue weighted by atomic mass is 16.2. The zero-order valence-electron chi connectivity index (χ0n) is 8.65. The molecule has 4 heteroatoms. The standard InChI is InChI=1S/C11H12N2O2/c1-7(14)12-10-8-5-3-4-6-9(8)13(2)11(10)15/h3-6,10H,1-2H3,(H,12,14). The van der Waals surface area contributed by atoms with Crippen LogP contribution in [0.15, 0.2) is 24.3 Å². The van der Waals surface area contributed by atoms with Crippen molar-refractivity contribution in [2.24, 2.45) is 0 Å². The van der Waals surface area contributed by atoms with Gasteiger partial charge < -0.3 is 10.2 Å². The number of likely N-dealkylation sites (N-methyl/N-ethyl adjacent to an activating group) is 1. The molecular formula is C11H12N2O2. The van der Waals surface area contributed by atoms with Crippen molar-refractivity contribution in [1.29, 1.82) is 0 Å². The smallest absolute Gasteiger partial charge is 0.254 e. The van der Waals surface area contributed by atoms with Crippen LogP contribution in [-0.4, -0.2) is 18.9 Å². The van der Waals surface area contributed by atoms with Crippen molar-refractivity contribution in [1.82, 2.24) is 5.32 Å². The van der Waals surface area contributed by atoms with Gasteiger partial charge in [-0.25, -0.2) is 0 Å². The molecule has 0 saturated heterocycles. The minimum atomic E-state index is -0.524. The largest absolute Gasteiger partial charge is 0.341 e. The summed E-state index contributed by atoms with van der Waals surface area (Å²) in [6.45, 7) is 1.41. The predicted molar refractivity (Wildman–Crippen MR) is 56.4 cm³/mol. The van der Waals surface area contributed by atoms with Crippen molar-refractivity contribution >= 4 is 17.5 Å². The maximum atomic E-state index is 11.8. The second kappa shape index (κ2) is 3.38. The molecule has 0 aromatic heterocycles. The van der Waals surface area contributed by atoms with Crippen LogP contribution in [0.4, 0.5) is 5.69 Å². The van der Waals surface area contributed by atoms with Gasteiger partial charge in [-0.2, -0.15) is 0 Å². The number of carbonyl (C=O) groups is 2. The lowest BCUT2D eigenvalue weighted by atomic mass is 10.1. The Labute approximate surface area is 87.9 Å². The zero-order chi connectivity index (χ0) is 11.0. The van der Waals surface area contributed by atoms with E-state index in [0.717, 1.165) is 11.3 Å². The lowest BCUT2D eigenvalue weighted by molar-refractivity contribution is -0.125. The molecule has 2 amide bonds. The fourth-order valence-corrected chi connectivity index (χ4v) is 1.83. The molecule has 15 heavy (non-hydrogen) atoms. The summed E-state index contributed by atoms with van der Waals surface area (Å²) in [4.78, 5) is 24.4. The molecular weight excluding hydrogens is 192 g/mol. The molecule has 0 bridgehead atoms. The Morgan fingerprint density at radius 3 is 2.73 bits per heavy atom. The number of amides is 2. The molecule has 1 N–H and O–H groups in total. The number of hydrogen-bond donors (Lipinski definition) is 1. The summed E-state index contributed by atoms with van der Waals surface area (Å²) in [7, 11) is 1.71. The molecule has 0 aliphatic carbocycles. The Balaban J connectivity index is 2.42. The Morgan fingerprint density at radius 1 is 1.40 bits per heavy atom. The normalized spacial score (nSPS) is 18.9. The van der Waals surface area contributed by atoms with Gasteiger partial charge in [-0.1, -0.05) is 18.2 Å². The summed E-state index contributed by atoms with van der Waals surface area (Å²) >= 11 is 0. The lowest BCUT2D eigenvalue weighted by Crippen LogP contribution is -2.34. The zero-order valence-corrected chi connectivity index (χ0v) is 8.65. The van der Waals surface area contributed by atoms with Gasteiger partial charge in [-0.15, -0.1) is 0 Å². The third-order valence-electron chi connectivity index (χ3n) is 2.53. The summed E-state index contributed by atoms with van der Waals surface area (Å²) in [5.41, 5.74) is 1.72. The fraction of sp³-hybridized carbons (Fsp3) is 0.273. The Bertz CT molecular complexity index is 428. The molecule has 0 radical (unpaired) electrons. The fourth-order valence-electron chi connectivity index (χ4n) is 1.83. The SMILES string of the molecule is CC(=O)NC1C(=O)N(C)c2ccccc21. The lowest BCUT2D eigenvalue weighted by Gasteiger charge is -2.11. The number of para-hydroxylation sites is 1. The first kappa shape index (κ1) is 9.71. The van der Waals surface area contributed by atoms with E-state index in [1.165, 1.54) is 6.92 Å². The van der Waals surface area contributed by atoms with E-state index in [-0.39, 0.29) is 11.8 Å². The van der Waals surface area contributed by atoms with Crippen LogP contribution >= 0.6 is 0 Å². The molecule has 1 unspecified atom stereocenters. The maximum absolute atomic E-state index is 11.8. The molecule has 1 atom stereocenters. The van der Waals surface area contributed by atoms with Gasteiger partial charge in [0.05, 0.1) is 0 Å². The van der Waals surface area contributed by atoms with Gasteiger partial charge in [-0.05, 0) is 6.07 Å². The molecule has 2 rings (SSSR count). The molecule has 0 fully saturated rings. The average Bonchev–Trinajstić information content (AvgIpc) is 2.44. The summed E-state index contributed by atoms with van der Waals surface area (Å²) in [6, 6.07) is 6.94. The van der Waals surface area contributed by atoms with Crippen LogP contribution < -0.4 is 10.2 Å². The quantitative estimate of drug-likeness (QED) is 0.737. The van der Waals surface area contributed by atoms with Crippen LogP contribution in [0, 0.1) is 0 Å². The molecule has 1 heterocycles. The monoisotopic (exact) mass is 204 g/mol. The molecule has 1 aromatic rings. The summed E-state index contributed by atoms with van der Waals surface area (Å²) in [6.07, 6.45) is 0. The maximum Gasteiger partial charge on any atom is 0.254 e. The number of carbonyl (C=O) groups excluding carboxylic acids is 2. The van der Waals surface area contributed by atoms with Crippen LogP contribution in [0.2, 0.25) is 0 Å². The van der Waals surface area contributed by atoms with Crippen LogP contribution in [0.3, 0.4) is 0 Å². The van der Waals surface area contributed by atoms with E-state index in [1.807, 2.05) is 24.3 Å². The highest BCUT2D eigenvalue weighted by Crippen LogP contribution is 2.34. The number of nitrogens with zero attached hydrogens (tertiary/aromatic N) is 1. The first-order chi connectivity index (χ1) is 7.11. The number of nitrogens with one attached hydrogen (secondary N) is 1. The Kier molecular flexibility index (Phi) is 2.19. The van der Waals surface area contributed by atoms with Gasteiger partial charge in [0.1, 0.15) is 6.04 Å². The van der Waals surface area contributed by atoms with Crippen molar-refractivity contribution in [2.75, 3.05) is 11.9 Å². The summed E-state index contributed by atoms with van der Waals surface area (Å²) < 4.78 is 0. The van der Waals surface area contributed by atoms with E-state index in [1.54, 1.807) is 11.9 Å². The summed E-state index contributed by atoms with van der Waals surface area (Å²) in [5.74, 6) is -0.287. The number of anilines is 1. The number of benzene rings is 1. The van der Waals surface area contributed by atoms with E-state index in [9.17, 15) is 9.59 Å². The van der Waals surface area contributed by atoms with Crippen LogP contribution in [0.1, 0.15) is 18.5 Å². The van der Waals surface area contributed by atoms with Gasteiger partial charge in [0.25, 0.3) is 5.91 Å². The van der Waals surface area contributed by atoms with E-state index in [4.69, 9.17) is 0 Å². The average molecular weight is 204 g/mol. The third kappa shape index (κ3) is 1.48. The highest BCUT2D eigenvalue weighted by Gasteiger charge is 2.35. The molecule has 78 valence electrons. The third-order valence-corrected chi connectivity index (χ3v) is 2.53. The van der Waals surface area contributed by atoms with Crippen molar-refractivity contribution < 1.29 is 9.59 Å². The van der Waals surface area contributed by atoms with Crippen molar-refractivity contribution in [2.45, 2.75) is 13.0 Å². The highest BCUT2D eigenvalue weighted by molar-refractivity contribution is 6.05. The van der Waals surface area contributed by atoms with Crippen LogP contribution in [0.25, 0.3) is 0 Å². The van der Waals surface area contributed by atoms with Crippen molar-refractivity contribution in [3.8, 4) is 0 Å². The van der Waals surface area contributed by atoms with Gasteiger partial charge in [0, 0.05) is 25.2 Å². The molecule has 1 aliphatic rings. The minimum absolute atomic E-state index is 0.0913. The number of rotatable bonds is 1. The van der Waals surface area contributed by atoms with Crippen LogP contribution in [0.5, 0.6) is 0 Å². The van der Waals surface area contributed by atoms with Gasteiger partial charge in [0.2, 0.25) is 5.91 Å². The topological polar surface area (TPSA) is 49.4 Å². The van der Waals surface area contributed by atoms with E-state index >= 15 is 0 Å². The molecule has 1 aliphatic heterocycles. The first-order valence-corrected chi connectivity index (χ1v) is 4.75. The predicted octanol–water partition coefficient (Wildman–Crippen LogP) is 0.840. The molecule has 1 aromatic carbocycles. The second-order valence-corrected chi connectivity index (χ2v) is 3.59. The molecule has 4 nitrogen and oxygen atoms in total. The Hall–Kier alpha value is -1.84. The van der Waals surface area contributed by atoms with E-state index in [0.29, 0.717) is 0 Å². The second-order valence-electron chi connectivity index (χ2n) is 3.59. The van der Waals surface area contributed by atoms with Crippen molar-refractivity contribution in [3.05, 3.63) is 29.8 Å². The first-order valence-electron chi connectivity index (χ1n) is 4.75. The molecule has 0 spiro atoms. The van der Waals surface area contributed by atoms with Gasteiger partial charge in [-0.3, -0.25) is 9.59 Å². The van der Waals surface area contributed by atoms with E-state index < -0.39 is 6.04 Å². The minimum Gasteiger partial charge on any atom is -0.341 e.